The van der Waals surface area contributed by atoms with E-state index in [1.54, 1.807) is 6.07 Å². The Labute approximate surface area is 109 Å². The van der Waals surface area contributed by atoms with Crippen molar-refractivity contribution >= 4 is 5.69 Å². The average molecular weight is 262 g/mol. The van der Waals surface area contributed by atoms with Gasteiger partial charge in [-0.15, -0.1) is 0 Å². The van der Waals surface area contributed by atoms with Gasteiger partial charge in [-0.3, -0.25) is 15.1 Å². The molecule has 2 rings (SSSR count). The Kier molecular flexibility index (Phi) is 3.74. The van der Waals surface area contributed by atoms with Crippen molar-refractivity contribution in [3.63, 3.8) is 0 Å². The number of non-ortho nitro benzene ring substituents is 1. The van der Waals surface area contributed by atoms with Gasteiger partial charge in [0.15, 0.2) is 0 Å². The maximum Gasteiger partial charge on any atom is 0.348 e. The van der Waals surface area contributed by atoms with E-state index in [2.05, 4.69) is 17.0 Å². The Hall–Kier alpha value is -2.44. The molecule has 0 radical (unpaired) electrons. The molecule has 1 aromatic carbocycles. The Balaban J connectivity index is 2.36. The van der Waals surface area contributed by atoms with Gasteiger partial charge in [-0.25, -0.2) is 4.79 Å². The number of unbranched alkanes of at least 4 members (excludes halogenated alkanes) is 1. The van der Waals surface area contributed by atoms with Gasteiger partial charge in [0.1, 0.15) is 5.82 Å². The molecule has 19 heavy (non-hydrogen) atoms. The molecule has 7 heteroatoms. The summed E-state index contributed by atoms with van der Waals surface area (Å²) < 4.78 is 1.15. The van der Waals surface area contributed by atoms with Crippen LogP contribution in [0.3, 0.4) is 0 Å². The molecule has 0 amide bonds. The fraction of sp³-hybridized carbons (Fsp3) is 0.333. The smallest absolute Gasteiger partial charge is 0.292 e. The first-order valence-corrected chi connectivity index (χ1v) is 6.05. The summed E-state index contributed by atoms with van der Waals surface area (Å²) in [6, 6.07) is 5.84. The Morgan fingerprint density at radius 2 is 2.26 bits per heavy atom. The highest BCUT2D eigenvalue weighted by molar-refractivity contribution is 5.42. The number of nitro benzene ring substituents is 1. The number of rotatable bonds is 5. The lowest BCUT2D eigenvalue weighted by Crippen LogP contribution is -2.15. The zero-order valence-corrected chi connectivity index (χ0v) is 10.5. The number of benzene rings is 1. The fourth-order valence-corrected chi connectivity index (χ4v) is 1.74. The molecule has 0 aliphatic carbocycles. The van der Waals surface area contributed by atoms with E-state index in [4.69, 9.17) is 0 Å². The van der Waals surface area contributed by atoms with Crippen LogP contribution in [-0.4, -0.2) is 19.7 Å². The fourth-order valence-electron chi connectivity index (χ4n) is 1.74. The third-order valence-electron chi connectivity index (χ3n) is 2.72. The minimum atomic E-state index is -0.501. The lowest BCUT2D eigenvalue weighted by atomic mass is 10.2. The van der Waals surface area contributed by atoms with E-state index in [9.17, 15) is 14.9 Å². The van der Waals surface area contributed by atoms with Gasteiger partial charge in [0.25, 0.3) is 5.69 Å². The summed E-state index contributed by atoms with van der Waals surface area (Å²) in [6.45, 7) is 2.05. The van der Waals surface area contributed by atoms with Crippen LogP contribution in [0.5, 0.6) is 0 Å². The second kappa shape index (κ2) is 5.47. The number of nitrogens with zero attached hydrogens (tertiary/aromatic N) is 3. The van der Waals surface area contributed by atoms with Gasteiger partial charge in [-0.05, 0) is 12.5 Å². The van der Waals surface area contributed by atoms with Gasteiger partial charge in [-0.2, -0.15) is 9.78 Å². The number of nitro groups is 1. The second-order valence-corrected chi connectivity index (χ2v) is 4.17. The normalized spacial score (nSPS) is 10.6. The van der Waals surface area contributed by atoms with Crippen molar-refractivity contribution in [2.75, 3.05) is 0 Å². The zero-order chi connectivity index (χ0) is 13.8. The minimum Gasteiger partial charge on any atom is -0.292 e. The van der Waals surface area contributed by atoms with Crippen molar-refractivity contribution in [2.45, 2.75) is 26.2 Å². The first kappa shape index (κ1) is 13.0. The van der Waals surface area contributed by atoms with Crippen LogP contribution in [0.2, 0.25) is 0 Å². The predicted octanol–water partition coefficient (Wildman–Crippen LogP) is 1.81. The topological polar surface area (TPSA) is 93.8 Å². The summed E-state index contributed by atoms with van der Waals surface area (Å²) in [6.07, 6.45) is 2.63. The predicted molar refractivity (Wildman–Crippen MR) is 69.5 cm³/mol. The first-order chi connectivity index (χ1) is 9.11. The second-order valence-electron chi connectivity index (χ2n) is 4.17. The van der Waals surface area contributed by atoms with Crippen molar-refractivity contribution in [3.8, 4) is 5.69 Å². The van der Waals surface area contributed by atoms with Gasteiger partial charge < -0.3 is 0 Å². The van der Waals surface area contributed by atoms with Crippen LogP contribution < -0.4 is 5.69 Å². The van der Waals surface area contributed by atoms with Gasteiger partial charge in [0.05, 0.1) is 10.6 Å². The maximum absolute atomic E-state index is 11.8. The van der Waals surface area contributed by atoms with Crippen LogP contribution in [0.25, 0.3) is 5.69 Å². The van der Waals surface area contributed by atoms with E-state index in [1.807, 2.05) is 0 Å². The molecule has 0 atom stereocenters. The molecule has 7 nitrogen and oxygen atoms in total. The average Bonchev–Trinajstić information content (AvgIpc) is 2.77. The number of aromatic amines is 1. The third kappa shape index (κ3) is 2.87. The molecule has 0 bridgehead atoms. The van der Waals surface area contributed by atoms with E-state index in [0.717, 1.165) is 17.5 Å². The molecule has 0 aliphatic heterocycles. The molecular formula is C12H14N4O3. The highest BCUT2D eigenvalue weighted by atomic mass is 16.6. The van der Waals surface area contributed by atoms with Crippen molar-refractivity contribution in [1.29, 1.82) is 0 Å². The summed E-state index contributed by atoms with van der Waals surface area (Å²) in [5.74, 6) is 0.596. The van der Waals surface area contributed by atoms with Crippen molar-refractivity contribution in [1.82, 2.24) is 14.8 Å². The van der Waals surface area contributed by atoms with Crippen molar-refractivity contribution in [3.05, 3.63) is 50.7 Å². The minimum absolute atomic E-state index is 0.0671. The number of aryl methyl sites for hydroxylation is 1. The molecule has 0 saturated heterocycles. The van der Waals surface area contributed by atoms with E-state index < -0.39 is 4.92 Å². The van der Waals surface area contributed by atoms with Crippen LogP contribution in [0.4, 0.5) is 5.69 Å². The number of nitrogens with one attached hydrogen (secondary N) is 1. The molecule has 1 aromatic heterocycles. The number of aromatic nitrogens is 3. The van der Waals surface area contributed by atoms with Crippen LogP contribution in [0, 0.1) is 10.1 Å². The van der Waals surface area contributed by atoms with Gasteiger partial charge in [-0.1, -0.05) is 19.4 Å². The summed E-state index contributed by atoms with van der Waals surface area (Å²) in [7, 11) is 0. The highest BCUT2D eigenvalue weighted by Crippen LogP contribution is 2.14. The van der Waals surface area contributed by atoms with E-state index in [1.165, 1.54) is 18.2 Å². The molecule has 0 unspecified atom stereocenters. The van der Waals surface area contributed by atoms with Gasteiger partial charge >= 0.3 is 5.69 Å². The molecule has 0 aliphatic rings. The van der Waals surface area contributed by atoms with Crippen LogP contribution in [0.1, 0.15) is 25.6 Å². The van der Waals surface area contributed by atoms with Crippen LogP contribution in [0.15, 0.2) is 29.1 Å². The zero-order valence-electron chi connectivity index (χ0n) is 10.5. The lowest BCUT2D eigenvalue weighted by molar-refractivity contribution is -0.384. The standard InChI is InChI=1S/C12H14N4O3/c1-2-3-7-11-13-12(17)15(14-11)9-5-4-6-10(8-9)16(18)19/h4-6,8H,2-3,7H2,1H3,(H,13,14,17). The molecule has 100 valence electrons. The lowest BCUT2D eigenvalue weighted by Gasteiger charge is -1.98. The molecule has 1 N–H and O–H groups in total. The number of hydrogen-bond acceptors (Lipinski definition) is 4. The van der Waals surface area contributed by atoms with Crippen molar-refractivity contribution < 1.29 is 4.92 Å². The highest BCUT2D eigenvalue weighted by Gasteiger charge is 2.11. The van der Waals surface area contributed by atoms with Gasteiger partial charge in [0.2, 0.25) is 0 Å². The quantitative estimate of drug-likeness (QED) is 0.656. The molecule has 2 aromatic rings. The SMILES string of the molecule is CCCCc1nn(-c2cccc([N+](=O)[O-])c2)c(=O)[nH]1. The van der Waals surface area contributed by atoms with E-state index >= 15 is 0 Å². The number of hydrogen-bond donors (Lipinski definition) is 1. The monoisotopic (exact) mass is 262 g/mol. The van der Waals surface area contributed by atoms with E-state index in [-0.39, 0.29) is 11.4 Å². The largest absolute Gasteiger partial charge is 0.348 e. The summed E-state index contributed by atoms with van der Waals surface area (Å²) in [4.78, 5) is 24.6. The Bertz CT molecular complexity index is 644. The van der Waals surface area contributed by atoms with Crippen molar-refractivity contribution in [2.24, 2.45) is 0 Å². The molecule has 0 fully saturated rings. The Morgan fingerprint density at radius 3 is 2.95 bits per heavy atom. The van der Waals surface area contributed by atoms with Crippen LogP contribution in [-0.2, 0) is 6.42 Å². The van der Waals surface area contributed by atoms with Gasteiger partial charge in [0, 0.05) is 18.6 Å². The van der Waals surface area contributed by atoms with E-state index in [0.29, 0.717) is 17.9 Å². The first-order valence-electron chi connectivity index (χ1n) is 6.05. The summed E-state index contributed by atoms with van der Waals surface area (Å²) in [5.41, 5.74) is -0.0627. The van der Waals surface area contributed by atoms with Crippen LogP contribution >= 0.6 is 0 Å². The summed E-state index contributed by atoms with van der Waals surface area (Å²) in [5, 5.41) is 14.8. The summed E-state index contributed by atoms with van der Waals surface area (Å²) >= 11 is 0. The molecule has 0 spiro atoms. The molecule has 1 heterocycles. The Morgan fingerprint density at radius 1 is 1.47 bits per heavy atom. The maximum atomic E-state index is 11.8. The third-order valence-corrected chi connectivity index (χ3v) is 2.72. The molecular weight excluding hydrogens is 248 g/mol. The number of H-pyrrole nitrogens is 1. The molecule has 0 saturated carbocycles.